The van der Waals surface area contributed by atoms with Gasteiger partial charge in [-0.15, -0.1) is 0 Å². The van der Waals surface area contributed by atoms with Crippen molar-refractivity contribution in [2.24, 2.45) is 0 Å². The van der Waals surface area contributed by atoms with Crippen molar-refractivity contribution in [1.29, 1.82) is 0 Å². The summed E-state index contributed by atoms with van der Waals surface area (Å²) < 4.78 is 7.84. The highest BCUT2D eigenvalue weighted by atomic mass is 35.5. The van der Waals surface area contributed by atoms with Crippen molar-refractivity contribution in [3.63, 3.8) is 0 Å². The molecule has 3 aromatic rings. The summed E-state index contributed by atoms with van der Waals surface area (Å²) in [6.45, 7) is 1.82. The van der Waals surface area contributed by atoms with Gasteiger partial charge in [-0.2, -0.15) is 0 Å². The van der Waals surface area contributed by atoms with Gasteiger partial charge in [0.25, 0.3) is 5.56 Å². The molecule has 0 saturated heterocycles. The van der Waals surface area contributed by atoms with E-state index in [1.165, 1.54) is 10.9 Å². The summed E-state index contributed by atoms with van der Waals surface area (Å²) in [5, 5.41) is 0.614. The van der Waals surface area contributed by atoms with E-state index in [1.807, 2.05) is 12.1 Å². The predicted molar refractivity (Wildman–Crippen MR) is 87.0 cm³/mol. The van der Waals surface area contributed by atoms with E-state index in [1.54, 1.807) is 35.9 Å². The molecule has 0 atom stereocenters. The Bertz CT molecular complexity index is 912. The van der Waals surface area contributed by atoms with Crippen LogP contribution in [0, 0.1) is 0 Å². The highest BCUT2D eigenvalue weighted by molar-refractivity contribution is 6.30. The summed E-state index contributed by atoms with van der Waals surface area (Å²) in [5.41, 5.74) is 1.45. The molecule has 2 aromatic heterocycles. The fourth-order valence-corrected chi connectivity index (χ4v) is 2.46. The number of hydrogen-bond acceptors (Lipinski definition) is 4. The Morgan fingerprint density at radius 2 is 2.00 bits per heavy atom. The van der Waals surface area contributed by atoms with Crippen LogP contribution in [0.1, 0.15) is 6.92 Å². The van der Waals surface area contributed by atoms with E-state index in [9.17, 15) is 9.59 Å². The molecule has 0 aliphatic heterocycles. The van der Waals surface area contributed by atoms with Gasteiger partial charge in [0.2, 0.25) is 0 Å². The zero-order valence-electron chi connectivity index (χ0n) is 12.4. The third kappa shape index (κ3) is 2.98. The number of carbonyl (C=O) groups excluding carboxylic acids is 1. The monoisotopic (exact) mass is 331 g/mol. The second-order valence-electron chi connectivity index (χ2n) is 4.88. The molecular formula is C16H14ClN3O3. The van der Waals surface area contributed by atoms with Crippen molar-refractivity contribution in [2.45, 2.75) is 13.5 Å². The second-order valence-corrected chi connectivity index (χ2v) is 5.32. The van der Waals surface area contributed by atoms with E-state index < -0.39 is 5.97 Å². The van der Waals surface area contributed by atoms with Crippen LogP contribution < -0.4 is 5.56 Å². The van der Waals surface area contributed by atoms with E-state index in [4.69, 9.17) is 16.3 Å². The molecule has 1 aromatic carbocycles. The van der Waals surface area contributed by atoms with Crippen LogP contribution in [-0.4, -0.2) is 26.7 Å². The maximum absolute atomic E-state index is 12.7. The van der Waals surface area contributed by atoms with E-state index in [0.29, 0.717) is 16.1 Å². The number of esters is 1. The molecule has 0 N–H and O–H groups in total. The van der Waals surface area contributed by atoms with Crippen molar-refractivity contribution in [3.8, 4) is 5.69 Å². The van der Waals surface area contributed by atoms with Crippen molar-refractivity contribution >= 4 is 28.6 Å². The van der Waals surface area contributed by atoms with Gasteiger partial charge < -0.3 is 9.30 Å². The fourth-order valence-electron chi connectivity index (χ4n) is 2.33. The van der Waals surface area contributed by atoms with Crippen molar-refractivity contribution in [2.75, 3.05) is 6.61 Å². The molecule has 0 spiro atoms. The van der Waals surface area contributed by atoms with Crippen LogP contribution in [0.15, 0.2) is 47.7 Å². The number of ether oxygens (including phenoxy) is 1. The lowest BCUT2D eigenvalue weighted by Gasteiger charge is -2.08. The molecule has 0 amide bonds. The number of carbonyl (C=O) groups is 1. The van der Waals surface area contributed by atoms with Crippen molar-refractivity contribution in [1.82, 2.24) is 14.1 Å². The van der Waals surface area contributed by atoms with E-state index >= 15 is 0 Å². The van der Waals surface area contributed by atoms with Gasteiger partial charge in [-0.3, -0.25) is 14.2 Å². The topological polar surface area (TPSA) is 66.1 Å². The lowest BCUT2D eigenvalue weighted by atomic mass is 10.3. The van der Waals surface area contributed by atoms with Gasteiger partial charge in [0.05, 0.1) is 18.5 Å². The molecule has 0 radical (unpaired) electrons. The number of aromatic nitrogens is 3. The minimum atomic E-state index is -0.472. The van der Waals surface area contributed by atoms with Crippen LogP contribution in [0.4, 0.5) is 0 Å². The zero-order chi connectivity index (χ0) is 16.4. The quantitative estimate of drug-likeness (QED) is 0.689. The number of rotatable bonds is 4. The lowest BCUT2D eigenvalue weighted by molar-refractivity contribution is -0.143. The predicted octanol–water partition coefficient (Wildman–Crippen LogP) is 2.40. The molecule has 0 bridgehead atoms. The van der Waals surface area contributed by atoms with Crippen LogP contribution >= 0.6 is 11.6 Å². The largest absolute Gasteiger partial charge is 0.465 e. The normalized spacial score (nSPS) is 10.9. The Morgan fingerprint density at radius 3 is 2.70 bits per heavy atom. The smallest absolute Gasteiger partial charge is 0.326 e. The van der Waals surface area contributed by atoms with Crippen molar-refractivity contribution in [3.05, 3.63) is 58.2 Å². The molecule has 0 aliphatic rings. The van der Waals surface area contributed by atoms with Crippen LogP contribution in [0.3, 0.4) is 0 Å². The molecule has 0 unspecified atom stereocenters. The third-order valence-corrected chi connectivity index (χ3v) is 3.63. The van der Waals surface area contributed by atoms with E-state index in [0.717, 1.165) is 5.69 Å². The molecule has 3 rings (SSSR count). The minimum absolute atomic E-state index is 0.165. The van der Waals surface area contributed by atoms with Crippen LogP contribution in [0.25, 0.3) is 16.7 Å². The van der Waals surface area contributed by atoms with Crippen molar-refractivity contribution < 1.29 is 9.53 Å². The molecule has 23 heavy (non-hydrogen) atoms. The van der Waals surface area contributed by atoms with Crippen LogP contribution in [-0.2, 0) is 16.1 Å². The zero-order valence-corrected chi connectivity index (χ0v) is 13.2. The van der Waals surface area contributed by atoms with Gasteiger partial charge in [-0.05, 0) is 37.3 Å². The molecule has 2 heterocycles. The summed E-state index contributed by atoms with van der Waals surface area (Å²) in [4.78, 5) is 28.5. The average Bonchev–Trinajstić information content (AvgIpc) is 2.96. The minimum Gasteiger partial charge on any atom is -0.465 e. The summed E-state index contributed by atoms with van der Waals surface area (Å²) >= 11 is 5.90. The fraction of sp³-hybridized carbons (Fsp3) is 0.188. The summed E-state index contributed by atoms with van der Waals surface area (Å²) in [7, 11) is 0. The molecular weight excluding hydrogens is 318 g/mol. The molecule has 118 valence electrons. The first-order valence-corrected chi connectivity index (χ1v) is 7.46. The highest BCUT2D eigenvalue weighted by Gasteiger charge is 2.13. The average molecular weight is 332 g/mol. The molecule has 0 aliphatic carbocycles. The number of nitrogens with zero attached hydrogens (tertiary/aromatic N) is 3. The molecule has 0 fully saturated rings. The Kier molecular flexibility index (Phi) is 4.16. The van der Waals surface area contributed by atoms with Gasteiger partial charge >= 0.3 is 5.97 Å². The Hall–Kier alpha value is -2.60. The standard InChI is InChI=1S/C16H14ClN3O3/c1-2-23-14(21)9-19-10-18-13-7-8-20(15(13)16(19)22)12-5-3-11(17)4-6-12/h3-8,10H,2,9H2,1H3. The number of hydrogen-bond donors (Lipinski definition) is 0. The molecule has 7 heteroatoms. The third-order valence-electron chi connectivity index (χ3n) is 3.37. The summed E-state index contributed by atoms with van der Waals surface area (Å²) in [5.74, 6) is -0.472. The Morgan fingerprint density at radius 1 is 1.26 bits per heavy atom. The SMILES string of the molecule is CCOC(=O)Cn1cnc2ccn(-c3ccc(Cl)cc3)c2c1=O. The number of halogens is 1. The first-order chi connectivity index (χ1) is 11.1. The molecule has 0 saturated carbocycles. The summed E-state index contributed by atoms with van der Waals surface area (Å²) in [6, 6.07) is 8.86. The van der Waals surface area contributed by atoms with Gasteiger partial charge in [0.15, 0.2) is 0 Å². The van der Waals surface area contributed by atoms with E-state index in [2.05, 4.69) is 4.98 Å². The first-order valence-electron chi connectivity index (χ1n) is 7.08. The maximum atomic E-state index is 12.7. The summed E-state index contributed by atoms with van der Waals surface area (Å²) in [6.07, 6.45) is 3.12. The first kappa shape index (κ1) is 15.3. The molecule has 6 nitrogen and oxygen atoms in total. The maximum Gasteiger partial charge on any atom is 0.326 e. The number of fused-ring (bicyclic) bond motifs is 1. The van der Waals surface area contributed by atoms with Gasteiger partial charge in [-0.1, -0.05) is 11.6 Å². The Balaban J connectivity index is 2.09. The van der Waals surface area contributed by atoms with Gasteiger partial charge in [-0.25, -0.2) is 4.98 Å². The highest BCUT2D eigenvalue weighted by Crippen LogP contribution is 2.18. The van der Waals surface area contributed by atoms with Gasteiger partial charge in [0.1, 0.15) is 12.1 Å². The lowest BCUT2D eigenvalue weighted by Crippen LogP contribution is -2.26. The van der Waals surface area contributed by atoms with Crippen LogP contribution in [0.2, 0.25) is 5.02 Å². The number of benzene rings is 1. The van der Waals surface area contributed by atoms with Gasteiger partial charge in [0, 0.05) is 16.9 Å². The second kappa shape index (κ2) is 6.26. The Labute approximate surface area is 136 Å². The van der Waals surface area contributed by atoms with Crippen LogP contribution in [0.5, 0.6) is 0 Å². The van der Waals surface area contributed by atoms with E-state index in [-0.39, 0.29) is 18.7 Å².